The molecule has 0 bridgehead atoms. The lowest BCUT2D eigenvalue weighted by molar-refractivity contribution is -0.137. The monoisotopic (exact) mass is 341 g/mol. The van der Waals surface area contributed by atoms with Crippen molar-refractivity contribution in [3.63, 3.8) is 0 Å². The fourth-order valence-corrected chi connectivity index (χ4v) is 2.25. The van der Waals surface area contributed by atoms with Crippen molar-refractivity contribution < 1.29 is 32.6 Å². The van der Waals surface area contributed by atoms with E-state index in [0.29, 0.717) is 11.8 Å². The third kappa shape index (κ3) is 3.42. The van der Waals surface area contributed by atoms with Gasteiger partial charge in [-0.2, -0.15) is 13.2 Å². The average molecular weight is 341 g/mol. The van der Waals surface area contributed by atoms with E-state index >= 15 is 0 Å². The molecule has 24 heavy (non-hydrogen) atoms. The number of rotatable bonds is 4. The Morgan fingerprint density at radius 2 is 1.92 bits per heavy atom. The first-order chi connectivity index (χ1) is 11.1. The zero-order valence-corrected chi connectivity index (χ0v) is 12.8. The smallest absolute Gasteiger partial charge is 0.416 e. The lowest BCUT2D eigenvalue weighted by atomic mass is 10.1. The van der Waals surface area contributed by atoms with Gasteiger partial charge in [0.2, 0.25) is 0 Å². The number of aromatic nitrogens is 1. The van der Waals surface area contributed by atoms with E-state index in [0.717, 1.165) is 12.1 Å². The number of esters is 1. The fourth-order valence-electron chi connectivity index (χ4n) is 2.25. The SMILES string of the molecule is CCOC(=O)c1cc(C)n(-c2cc(C(F)(F)F)ccc2C(=O)O)c1. The van der Waals surface area contributed by atoms with Gasteiger partial charge in [-0.15, -0.1) is 0 Å². The molecule has 0 saturated carbocycles. The summed E-state index contributed by atoms with van der Waals surface area (Å²) in [4.78, 5) is 23.1. The number of hydrogen-bond donors (Lipinski definition) is 1. The summed E-state index contributed by atoms with van der Waals surface area (Å²) < 4.78 is 44.8. The highest BCUT2D eigenvalue weighted by Crippen LogP contribution is 2.32. The molecule has 1 aromatic heterocycles. The maximum Gasteiger partial charge on any atom is 0.416 e. The van der Waals surface area contributed by atoms with Crippen LogP contribution in [-0.2, 0) is 10.9 Å². The van der Waals surface area contributed by atoms with Crippen molar-refractivity contribution in [2.45, 2.75) is 20.0 Å². The number of carbonyl (C=O) groups excluding carboxylic acids is 1. The first kappa shape index (κ1) is 17.6. The van der Waals surface area contributed by atoms with E-state index in [-0.39, 0.29) is 23.4 Å². The number of carbonyl (C=O) groups is 2. The highest BCUT2D eigenvalue weighted by atomic mass is 19.4. The van der Waals surface area contributed by atoms with Gasteiger partial charge in [-0.25, -0.2) is 9.59 Å². The van der Waals surface area contributed by atoms with Gasteiger partial charge in [-0.05, 0) is 38.1 Å². The summed E-state index contributed by atoms with van der Waals surface area (Å²) in [6.07, 6.45) is -3.36. The molecule has 5 nitrogen and oxygen atoms in total. The minimum Gasteiger partial charge on any atom is -0.478 e. The van der Waals surface area contributed by atoms with Gasteiger partial charge in [0.15, 0.2) is 0 Å². The number of aryl methyl sites for hydroxylation is 1. The Hall–Kier alpha value is -2.77. The number of nitrogens with zero attached hydrogens (tertiary/aromatic N) is 1. The van der Waals surface area contributed by atoms with Crippen LogP contribution in [0, 0.1) is 6.92 Å². The Bertz CT molecular complexity index is 793. The summed E-state index contributed by atoms with van der Waals surface area (Å²) in [6.45, 7) is 3.32. The van der Waals surface area contributed by atoms with Gasteiger partial charge < -0.3 is 14.4 Å². The predicted octanol–water partition coefficient (Wildman–Crippen LogP) is 3.68. The Morgan fingerprint density at radius 1 is 1.25 bits per heavy atom. The van der Waals surface area contributed by atoms with Gasteiger partial charge in [0.1, 0.15) is 0 Å². The predicted molar refractivity (Wildman–Crippen MR) is 78.4 cm³/mol. The van der Waals surface area contributed by atoms with Gasteiger partial charge in [-0.1, -0.05) is 0 Å². The maximum absolute atomic E-state index is 12.9. The molecule has 1 aromatic carbocycles. The van der Waals surface area contributed by atoms with Gasteiger partial charge in [0.25, 0.3) is 0 Å². The highest BCUT2D eigenvalue weighted by molar-refractivity contribution is 5.93. The summed E-state index contributed by atoms with van der Waals surface area (Å²) in [6, 6.07) is 3.76. The second-order valence-electron chi connectivity index (χ2n) is 5.00. The lowest BCUT2D eigenvalue weighted by Gasteiger charge is -2.13. The maximum atomic E-state index is 12.9. The molecule has 0 aliphatic rings. The van der Waals surface area contributed by atoms with Crippen LogP contribution < -0.4 is 0 Å². The van der Waals surface area contributed by atoms with Crippen molar-refractivity contribution in [1.82, 2.24) is 4.57 Å². The number of benzene rings is 1. The van der Waals surface area contributed by atoms with Gasteiger partial charge >= 0.3 is 18.1 Å². The Labute approximate surface area is 135 Å². The molecule has 1 N–H and O–H groups in total. The van der Waals surface area contributed by atoms with Crippen LogP contribution in [0.5, 0.6) is 0 Å². The summed E-state index contributed by atoms with van der Waals surface area (Å²) >= 11 is 0. The molecule has 0 radical (unpaired) electrons. The molecule has 0 aliphatic heterocycles. The molecule has 0 fully saturated rings. The summed E-state index contributed by atoms with van der Waals surface area (Å²) in [7, 11) is 0. The van der Waals surface area contributed by atoms with E-state index in [1.54, 1.807) is 13.8 Å². The molecule has 2 rings (SSSR count). The number of hydrogen-bond acceptors (Lipinski definition) is 3. The topological polar surface area (TPSA) is 68.5 Å². The minimum atomic E-state index is -4.61. The third-order valence-electron chi connectivity index (χ3n) is 3.34. The number of alkyl halides is 3. The van der Waals surface area contributed by atoms with Crippen LogP contribution in [0.25, 0.3) is 5.69 Å². The van der Waals surface area contributed by atoms with Crippen molar-refractivity contribution in [1.29, 1.82) is 0 Å². The standard InChI is InChI=1S/C16H14F3NO4/c1-3-24-15(23)10-6-9(2)20(8-10)13-7-11(16(17,18)19)4-5-12(13)14(21)22/h4-8H,3H2,1-2H3,(H,21,22). The van der Waals surface area contributed by atoms with E-state index < -0.39 is 23.7 Å². The Kier molecular flexibility index (Phi) is 4.68. The second-order valence-corrected chi connectivity index (χ2v) is 5.00. The van der Waals surface area contributed by atoms with Crippen molar-refractivity contribution in [2.24, 2.45) is 0 Å². The molecule has 0 aliphatic carbocycles. The zero-order chi connectivity index (χ0) is 18.1. The average Bonchev–Trinajstić information content (AvgIpc) is 2.88. The quantitative estimate of drug-likeness (QED) is 0.862. The molecular formula is C16H14F3NO4. The molecule has 128 valence electrons. The van der Waals surface area contributed by atoms with Crippen LogP contribution in [0.3, 0.4) is 0 Å². The van der Waals surface area contributed by atoms with Crippen molar-refractivity contribution in [3.8, 4) is 5.69 Å². The van der Waals surface area contributed by atoms with Gasteiger partial charge in [0, 0.05) is 11.9 Å². The van der Waals surface area contributed by atoms with E-state index in [2.05, 4.69) is 0 Å². The molecule has 2 aromatic rings. The van der Waals surface area contributed by atoms with E-state index in [1.165, 1.54) is 16.8 Å². The summed E-state index contributed by atoms with van der Waals surface area (Å²) in [5.41, 5.74) is -0.932. The summed E-state index contributed by atoms with van der Waals surface area (Å²) in [5, 5.41) is 9.23. The van der Waals surface area contributed by atoms with Crippen LogP contribution >= 0.6 is 0 Å². The first-order valence-electron chi connectivity index (χ1n) is 6.96. The minimum absolute atomic E-state index is 0.128. The Morgan fingerprint density at radius 3 is 2.46 bits per heavy atom. The molecule has 0 amide bonds. The summed E-state index contributed by atoms with van der Waals surface area (Å²) in [5.74, 6) is -2.01. The Balaban J connectivity index is 2.62. The number of carboxylic acid groups (broad SMARTS) is 1. The number of ether oxygens (including phenoxy) is 1. The van der Waals surface area contributed by atoms with Gasteiger partial charge in [-0.3, -0.25) is 0 Å². The van der Waals surface area contributed by atoms with Crippen molar-refractivity contribution in [2.75, 3.05) is 6.61 Å². The van der Waals surface area contributed by atoms with Crippen LogP contribution in [0.4, 0.5) is 13.2 Å². The largest absolute Gasteiger partial charge is 0.478 e. The van der Waals surface area contributed by atoms with E-state index in [4.69, 9.17) is 4.74 Å². The number of aromatic carboxylic acids is 1. The normalized spacial score (nSPS) is 11.4. The third-order valence-corrected chi connectivity index (χ3v) is 3.34. The highest BCUT2D eigenvalue weighted by Gasteiger charge is 2.32. The van der Waals surface area contributed by atoms with Gasteiger partial charge in [0.05, 0.1) is 29.0 Å². The zero-order valence-electron chi connectivity index (χ0n) is 12.8. The van der Waals surface area contributed by atoms with Crippen molar-refractivity contribution >= 4 is 11.9 Å². The fraction of sp³-hybridized carbons (Fsp3) is 0.250. The van der Waals surface area contributed by atoms with Crippen LogP contribution in [0.2, 0.25) is 0 Å². The molecule has 0 spiro atoms. The molecule has 1 heterocycles. The number of carboxylic acids is 1. The molecule has 8 heteroatoms. The molecule has 0 unspecified atom stereocenters. The van der Waals surface area contributed by atoms with Crippen LogP contribution in [0.1, 0.15) is 38.9 Å². The van der Waals surface area contributed by atoms with Crippen molar-refractivity contribution in [3.05, 3.63) is 52.8 Å². The lowest BCUT2D eigenvalue weighted by Crippen LogP contribution is -2.11. The van der Waals surface area contributed by atoms with E-state index in [1.807, 2.05) is 0 Å². The molecular weight excluding hydrogens is 327 g/mol. The second kappa shape index (κ2) is 6.38. The van der Waals surface area contributed by atoms with E-state index in [9.17, 15) is 27.9 Å². The number of halogens is 3. The van der Waals surface area contributed by atoms with Crippen LogP contribution in [-0.4, -0.2) is 28.2 Å². The molecule has 0 atom stereocenters. The first-order valence-corrected chi connectivity index (χ1v) is 6.96. The molecule has 0 saturated heterocycles. The van der Waals surface area contributed by atoms with Crippen LogP contribution in [0.15, 0.2) is 30.5 Å².